The van der Waals surface area contributed by atoms with Crippen molar-refractivity contribution in [1.82, 2.24) is 10.1 Å². The van der Waals surface area contributed by atoms with Gasteiger partial charge in [-0.3, -0.25) is 0 Å². The van der Waals surface area contributed by atoms with Gasteiger partial charge in [0.25, 0.3) is 0 Å². The third-order valence-electron chi connectivity index (χ3n) is 3.62. The zero-order valence-corrected chi connectivity index (χ0v) is 12.9. The summed E-state index contributed by atoms with van der Waals surface area (Å²) in [6.07, 6.45) is 0.668. The van der Waals surface area contributed by atoms with Crippen molar-refractivity contribution >= 4 is 0 Å². The summed E-state index contributed by atoms with van der Waals surface area (Å²) in [5.74, 6) is 1.19. The van der Waals surface area contributed by atoms with Crippen LogP contribution in [0.5, 0.6) is 0 Å². The number of hydrogen-bond donors (Lipinski definition) is 1. The molecule has 108 valence electrons. The molecule has 2 aromatic rings. The number of nitrogens with zero attached hydrogens (tertiary/aromatic N) is 2. The van der Waals surface area contributed by atoms with Crippen LogP contribution in [0.1, 0.15) is 55.2 Å². The highest BCUT2D eigenvalue weighted by atomic mass is 16.5. The normalized spacial score (nSPS) is 13.5. The van der Waals surface area contributed by atoms with E-state index in [0.717, 1.165) is 0 Å². The van der Waals surface area contributed by atoms with E-state index in [0.29, 0.717) is 18.1 Å². The van der Waals surface area contributed by atoms with E-state index >= 15 is 0 Å². The Bertz CT molecular complexity index is 596. The lowest BCUT2D eigenvalue weighted by Gasteiger charge is -2.23. The van der Waals surface area contributed by atoms with Crippen molar-refractivity contribution in [2.45, 2.75) is 47.1 Å². The van der Waals surface area contributed by atoms with E-state index in [1.807, 2.05) is 0 Å². The molecule has 4 heteroatoms. The molecule has 0 amide bonds. The molecule has 0 aliphatic carbocycles. The van der Waals surface area contributed by atoms with Gasteiger partial charge in [-0.15, -0.1) is 0 Å². The summed E-state index contributed by atoms with van der Waals surface area (Å²) in [6, 6.07) is 6.13. The maximum Gasteiger partial charge on any atom is 0.244 e. The molecule has 1 atom stereocenters. The predicted octanol–water partition coefficient (Wildman–Crippen LogP) is 3.32. The minimum atomic E-state index is -0.247. The van der Waals surface area contributed by atoms with E-state index in [1.165, 1.54) is 16.7 Å². The van der Waals surface area contributed by atoms with E-state index in [4.69, 9.17) is 10.3 Å². The van der Waals surface area contributed by atoms with Crippen LogP contribution in [0.3, 0.4) is 0 Å². The summed E-state index contributed by atoms with van der Waals surface area (Å²) in [5.41, 5.74) is 9.78. The highest BCUT2D eigenvalue weighted by Gasteiger charge is 2.27. The second-order valence-electron chi connectivity index (χ2n) is 6.49. The van der Waals surface area contributed by atoms with Gasteiger partial charge in [-0.05, 0) is 36.0 Å². The molecular formula is C16H23N3O. The van der Waals surface area contributed by atoms with Crippen LogP contribution >= 0.6 is 0 Å². The first-order valence-electron chi connectivity index (χ1n) is 6.91. The molecule has 2 N–H and O–H groups in total. The van der Waals surface area contributed by atoms with Gasteiger partial charge in [-0.2, -0.15) is 4.98 Å². The van der Waals surface area contributed by atoms with Crippen LogP contribution in [0.25, 0.3) is 0 Å². The fraction of sp³-hybridized carbons (Fsp3) is 0.500. The Hall–Kier alpha value is -1.68. The first kappa shape index (κ1) is 14.7. The van der Waals surface area contributed by atoms with Crippen molar-refractivity contribution in [2.75, 3.05) is 0 Å². The topological polar surface area (TPSA) is 64.9 Å². The van der Waals surface area contributed by atoms with Gasteiger partial charge in [-0.25, -0.2) is 0 Å². The zero-order valence-electron chi connectivity index (χ0n) is 12.9. The molecular weight excluding hydrogens is 250 g/mol. The van der Waals surface area contributed by atoms with Gasteiger partial charge in [0.05, 0.1) is 6.04 Å². The number of nitrogens with two attached hydrogens (primary N) is 1. The first-order valence-corrected chi connectivity index (χ1v) is 6.91. The monoisotopic (exact) mass is 273 g/mol. The quantitative estimate of drug-likeness (QED) is 0.931. The molecule has 0 fully saturated rings. The molecule has 2 rings (SSSR count). The van der Waals surface area contributed by atoms with Gasteiger partial charge in [0.2, 0.25) is 5.89 Å². The van der Waals surface area contributed by atoms with E-state index in [-0.39, 0.29) is 11.5 Å². The van der Waals surface area contributed by atoms with Crippen LogP contribution in [0, 0.1) is 19.3 Å². The van der Waals surface area contributed by atoms with Crippen LogP contribution in [-0.4, -0.2) is 10.1 Å². The number of aromatic nitrogens is 2. The highest BCUT2D eigenvalue weighted by Crippen LogP contribution is 2.29. The lowest BCUT2D eigenvalue weighted by atomic mass is 9.87. The SMILES string of the molecule is Cc1ccc(Cc2noc([C@H](N)C(C)(C)C)n2)cc1C. The van der Waals surface area contributed by atoms with E-state index in [1.54, 1.807) is 0 Å². The minimum absolute atomic E-state index is 0.0930. The lowest BCUT2D eigenvalue weighted by Crippen LogP contribution is -2.26. The molecule has 0 unspecified atom stereocenters. The third kappa shape index (κ3) is 3.25. The fourth-order valence-corrected chi connectivity index (χ4v) is 1.93. The molecule has 0 saturated carbocycles. The first-order chi connectivity index (χ1) is 9.27. The molecule has 1 aromatic carbocycles. The van der Waals surface area contributed by atoms with Crippen molar-refractivity contribution < 1.29 is 4.52 Å². The molecule has 1 heterocycles. The largest absolute Gasteiger partial charge is 0.338 e. The Morgan fingerprint density at radius 2 is 1.90 bits per heavy atom. The Balaban J connectivity index is 2.15. The molecule has 0 aliphatic rings. The fourth-order valence-electron chi connectivity index (χ4n) is 1.93. The molecule has 0 saturated heterocycles. The summed E-state index contributed by atoms with van der Waals surface area (Å²) in [6.45, 7) is 10.4. The van der Waals surface area contributed by atoms with E-state index in [9.17, 15) is 0 Å². The number of benzene rings is 1. The second kappa shape index (κ2) is 5.37. The van der Waals surface area contributed by atoms with Crippen molar-refractivity contribution in [2.24, 2.45) is 11.1 Å². The van der Waals surface area contributed by atoms with E-state index in [2.05, 4.69) is 63.0 Å². The van der Waals surface area contributed by atoms with Crippen LogP contribution in [0.15, 0.2) is 22.7 Å². The van der Waals surface area contributed by atoms with Gasteiger partial charge in [0.1, 0.15) is 0 Å². The van der Waals surface area contributed by atoms with Gasteiger partial charge < -0.3 is 10.3 Å². The number of hydrogen-bond acceptors (Lipinski definition) is 4. The van der Waals surface area contributed by atoms with Crippen molar-refractivity contribution in [1.29, 1.82) is 0 Å². The molecule has 20 heavy (non-hydrogen) atoms. The van der Waals surface area contributed by atoms with Crippen LogP contribution < -0.4 is 5.73 Å². The third-order valence-corrected chi connectivity index (χ3v) is 3.62. The molecule has 1 aromatic heterocycles. The average molecular weight is 273 g/mol. The Kier molecular flexibility index (Phi) is 3.95. The maximum absolute atomic E-state index is 6.13. The van der Waals surface area contributed by atoms with Crippen molar-refractivity contribution in [3.8, 4) is 0 Å². The Labute approximate surface area is 120 Å². The molecule has 0 aliphatic heterocycles. The standard InChI is InChI=1S/C16H23N3O/c1-10-6-7-12(8-11(10)2)9-13-18-15(20-19-13)14(17)16(3,4)5/h6-8,14H,9,17H2,1-5H3/t14-/m0/s1. The molecule has 0 spiro atoms. The summed E-state index contributed by atoms with van der Waals surface area (Å²) < 4.78 is 5.29. The second-order valence-corrected chi connectivity index (χ2v) is 6.49. The Morgan fingerprint density at radius 1 is 1.20 bits per heavy atom. The predicted molar refractivity (Wildman–Crippen MR) is 79.4 cm³/mol. The smallest absolute Gasteiger partial charge is 0.244 e. The van der Waals surface area contributed by atoms with Gasteiger partial charge >= 0.3 is 0 Å². The summed E-state index contributed by atoms with van der Waals surface area (Å²) >= 11 is 0. The van der Waals surface area contributed by atoms with Crippen LogP contribution in [0.4, 0.5) is 0 Å². The molecule has 4 nitrogen and oxygen atoms in total. The number of aryl methyl sites for hydroxylation is 2. The minimum Gasteiger partial charge on any atom is -0.338 e. The number of rotatable bonds is 3. The van der Waals surface area contributed by atoms with Crippen LogP contribution in [-0.2, 0) is 6.42 Å². The summed E-state index contributed by atoms with van der Waals surface area (Å²) in [4.78, 5) is 4.42. The average Bonchev–Trinajstić information content (AvgIpc) is 2.80. The van der Waals surface area contributed by atoms with Gasteiger partial charge in [0.15, 0.2) is 5.82 Å². The van der Waals surface area contributed by atoms with E-state index < -0.39 is 0 Å². The zero-order chi connectivity index (χ0) is 14.9. The lowest BCUT2D eigenvalue weighted by molar-refractivity contribution is 0.252. The summed E-state index contributed by atoms with van der Waals surface area (Å²) in [7, 11) is 0. The summed E-state index contributed by atoms with van der Waals surface area (Å²) in [5, 5.41) is 4.03. The Morgan fingerprint density at radius 3 is 2.50 bits per heavy atom. The molecule has 0 bridgehead atoms. The van der Waals surface area contributed by atoms with Crippen molar-refractivity contribution in [3.05, 3.63) is 46.6 Å². The van der Waals surface area contributed by atoms with Crippen molar-refractivity contribution in [3.63, 3.8) is 0 Å². The molecule has 0 radical (unpaired) electrons. The maximum atomic E-state index is 6.13. The van der Waals surface area contributed by atoms with Gasteiger partial charge in [-0.1, -0.05) is 44.1 Å². The van der Waals surface area contributed by atoms with Gasteiger partial charge in [0, 0.05) is 6.42 Å². The highest BCUT2D eigenvalue weighted by molar-refractivity contribution is 5.31. The van der Waals surface area contributed by atoms with Crippen LogP contribution in [0.2, 0.25) is 0 Å².